The predicted octanol–water partition coefficient (Wildman–Crippen LogP) is 1.81. The molecule has 0 amide bonds. The number of aryl methyl sites for hydroxylation is 1. The Balaban J connectivity index is 2.37. The Bertz CT molecular complexity index is 578. The average Bonchev–Trinajstić information content (AvgIpc) is 2.27. The van der Waals surface area contributed by atoms with Gasteiger partial charge in [0.1, 0.15) is 5.82 Å². The first-order valence-electron chi connectivity index (χ1n) is 5.27. The maximum Gasteiger partial charge on any atom is 0.337 e. The number of carboxylic acid groups (broad SMARTS) is 1. The van der Waals surface area contributed by atoms with Crippen LogP contribution in [-0.4, -0.2) is 21.0 Å². The first-order valence-corrected chi connectivity index (χ1v) is 5.27. The van der Waals surface area contributed by atoms with Crippen LogP contribution in [0.5, 0.6) is 0 Å². The van der Waals surface area contributed by atoms with E-state index in [-0.39, 0.29) is 11.5 Å². The summed E-state index contributed by atoms with van der Waals surface area (Å²) in [4.78, 5) is 19.2. The number of nitrogens with one attached hydrogen (secondary N) is 1. The van der Waals surface area contributed by atoms with Crippen LogP contribution in [0.4, 0.5) is 17.5 Å². The van der Waals surface area contributed by atoms with E-state index in [0.29, 0.717) is 17.2 Å². The van der Waals surface area contributed by atoms with Gasteiger partial charge in [0.05, 0.1) is 11.3 Å². The maximum atomic E-state index is 11.0. The van der Waals surface area contributed by atoms with Crippen LogP contribution in [0.25, 0.3) is 0 Å². The number of hydrogen-bond donors (Lipinski definition) is 3. The lowest BCUT2D eigenvalue weighted by Crippen LogP contribution is -2.06. The van der Waals surface area contributed by atoms with Crippen LogP contribution < -0.4 is 11.1 Å². The van der Waals surface area contributed by atoms with Gasteiger partial charge in [-0.1, -0.05) is 12.1 Å². The van der Waals surface area contributed by atoms with E-state index in [1.165, 1.54) is 6.07 Å². The van der Waals surface area contributed by atoms with Crippen molar-refractivity contribution >= 4 is 23.4 Å². The van der Waals surface area contributed by atoms with E-state index in [4.69, 9.17) is 10.8 Å². The number of carbonyl (C=O) groups is 1. The van der Waals surface area contributed by atoms with Crippen molar-refractivity contribution < 1.29 is 9.90 Å². The van der Waals surface area contributed by atoms with Gasteiger partial charge >= 0.3 is 5.97 Å². The number of hydrogen-bond acceptors (Lipinski definition) is 5. The van der Waals surface area contributed by atoms with Crippen molar-refractivity contribution in [2.45, 2.75) is 6.92 Å². The molecule has 1 aromatic heterocycles. The summed E-state index contributed by atoms with van der Waals surface area (Å²) in [7, 11) is 0. The highest BCUT2D eigenvalue weighted by Gasteiger charge is 2.10. The van der Waals surface area contributed by atoms with Crippen molar-refractivity contribution in [1.29, 1.82) is 0 Å². The summed E-state index contributed by atoms with van der Waals surface area (Å²) in [5.74, 6) is -0.405. The number of aromatic carboxylic acids is 1. The second kappa shape index (κ2) is 4.70. The van der Waals surface area contributed by atoms with Crippen LogP contribution in [0.3, 0.4) is 0 Å². The van der Waals surface area contributed by atoms with Crippen molar-refractivity contribution in [3.05, 3.63) is 41.6 Å². The van der Waals surface area contributed by atoms with E-state index in [1.807, 2.05) is 0 Å². The van der Waals surface area contributed by atoms with Crippen molar-refractivity contribution in [3.8, 4) is 0 Å². The minimum absolute atomic E-state index is 0.154. The van der Waals surface area contributed by atoms with Crippen molar-refractivity contribution in [3.63, 3.8) is 0 Å². The third kappa shape index (κ3) is 2.54. The SMILES string of the molecule is Cc1cc(N)nc(Nc2ccccc2C(=O)O)n1. The Kier molecular flexibility index (Phi) is 3.09. The number of aromatic nitrogens is 2. The molecule has 0 fully saturated rings. The Hall–Kier alpha value is -2.63. The predicted molar refractivity (Wildman–Crippen MR) is 67.9 cm³/mol. The van der Waals surface area contributed by atoms with Gasteiger partial charge < -0.3 is 16.2 Å². The van der Waals surface area contributed by atoms with Crippen molar-refractivity contribution in [1.82, 2.24) is 9.97 Å². The van der Waals surface area contributed by atoms with Crippen molar-refractivity contribution in [2.24, 2.45) is 0 Å². The molecule has 6 heteroatoms. The third-order valence-electron chi connectivity index (χ3n) is 2.28. The van der Waals surface area contributed by atoms with Gasteiger partial charge in [-0.15, -0.1) is 0 Å². The minimum Gasteiger partial charge on any atom is -0.478 e. The highest BCUT2D eigenvalue weighted by Crippen LogP contribution is 2.19. The molecule has 4 N–H and O–H groups in total. The van der Waals surface area contributed by atoms with Gasteiger partial charge in [0.25, 0.3) is 0 Å². The third-order valence-corrected chi connectivity index (χ3v) is 2.28. The van der Waals surface area contributed by atoms with Crippen LogP contribution in [0, 0.1) is 6.92 Å². The molecule has 0 aliphatic rings. The topological polar surface area (TPSA) is 101 Å². The van der Waals surface area contributed by atoms with Crippen LogP contribution >= 0.6 is 0 Å². The Morgan fingerprint density at radius 3 is 2.72 bits per heavy atom. The summed E-state index contributed by atoms with van der Waals surface area (Å²) in [5.41, 5.74) is 6.89. The second-order valence-electron chi connectivity index (χ2n) is 3.73. The van der Waals surface area contributed by atoms with Crippen molar-refractivity contribution in [2.75, 3.05) is 11.1 Å². The van der Waals surface area contributed by atoms with E-state index in [1.54, 1.807) is 31.2 Å². The van der Waals surface area contributed by atoms with Crippen LogP contribution in [0.2, 0.25) is 0 Å². The van der Waals surface area contributed by atoms with E-state index in [0.717, 1.165) is 0 Å². The van der Waals surface area contributed by atoms with Crippen LogP contribution in [0.15, 0.2) is 30.3 Å². The van der Waals surface area contributed by atoms with E-state index >= 15 is 0 Å². The molecular weight excluding hydrogens is 232 g/mol. The van der Waals surface area contributed by atoms with E-state index < -0.39 is 5.97 Å². The molecule has 0 saturated heterocycles. The second-order valence-corrected chi connectivity index (χ2v) is 3.73. The number of rotatable bonds is 3. The molecule has 0 aliphatic heterocycles. The highest BCUT2D eigenvalue weighted by molar-refractivity contribution is 5.94. The fourth-order valence-corrected chi connectivity index (χ4v) is 1.55. The number of nitrogens with two attached hydrogens (primary N) is 1. The van der Waals surface area contributed by atoms with Crippen LogP contribution in [-0.2, 0) is 0 Å². The Labute approximate surface area is 104 Å². The van der Waals surface area contributed by atoms with Gasteiger partial charge in [0.2, 0.25) is 5.95 Å². The first kappa shape index (κ1) is 11.8. The lowest BCUT2D eigenvalue weighted by Gasteiger charge is -2.08. The molecule has 2 aromatic rings. The number of anilines is 3. The lowest BCUT2D eigenvalue weighted by atomic mass is 10.2. The smallest absolute Gasteiger partial charge is 0.337 e. The molecule has 1 heterocycles. The van der Waals surface area contributed by atoms with Gasteiger partial charge in [-0.25, -0.2) is 9.78 Å². The molecule has 18 heavy (non-hydrogen) atoms. The Morgan fingerprint density at radius 1 is 1.33 bits per heavy atom. The number of benzene rings is 1. The molecule has 0 bridgehead atoms. The zero-order chi connectivity index (χ0) is 13.1. The zero-order valence-electron chi connectivity index (χ0n) is 9.71. The number of nitrogens with zero attached hydrogens (tertiary/aromatic N) is 2. The normalized spacial score (nSPS) is 10.1. The maximum absolute atomic E-state index is 11.0. The lowest BCUT2D eigenvalue weighted by molar-refractivity contribution is 0.0698. The molecule has 1 aromatic carbocycles. The number of para-hydroxylation sites is 1. The quantitative estimate of drug-likeness (QED) is 0.761. The highest BCUT2D eigenvalue weighted by atomic mass is 16.4. The van der Waals surface area contributed by atoms with E-state index in [2.05, 4.69) is 15.3 Å². The molecule has 0 spiro atoms. The average molecular weight is 244 g/mol. The molecule has 0 unspecified atom stereocenters. The summed E-state index contributed by atoms with van der Waals surface area (Å²) in [5, 5.41) is 11.9. The Morgan fingerprint density at radius 2 is 2.06 bits per heavy atom. The van der Waals surface area contributed by atoms with Gasteiger partial charge in [-0.05, 0) is 19.1 Å². The number of nitrogen functional groups attached to an aromatic ring is 1. The molecule has 2 rings (SSSR count). The summed E-state index contributed by atoms with van der Waals surface area (Å²) < 4.78 is 0. The largest absolute Gasteiger partial charge is 0.478 e. The summed E-state index contributed by atoms with van der Waals surface area (Å²) >= 11 is 0. The van der Waals surface area contributed by atoms with E-state index in [9.17, 15) is 4.79 Å². The van der Waals surface area contributed by atoms with Gasteiger partial charge in [0.15, 0.2) is 0 Å². The molecule has 0 atom stereocenters. The molecule has 0 saturated carbocycles. The van der Waals surface area contributed by atoms with Crippen LogP contribution in [0.1, 0.15) is 16.1 Å². The molecule has 92 valence electrons. The summed E-state index contributed by atoms with van der Waals surface area (Å²) in [6, 6.07) is 8.16. The van der Waals surface area contributed by atoms with Gasteiger partial charge in [-0.2, -0.15) is 4.98 Å². The fraction of sp³-hybridized carbons (Fsp3) is 0.0833. The summed E-state index contributed by atoms with van der Waals surface area (Å²) in [6.45, 7) is 1.78. The monoisotopic (exact) mass is 244 g/mol. The molecule has 0 aliphatic carbocycles. The molecule has 0 radical (unpaired) electrons. The van der Waals surface area contributed by atoms with Gasteiger partial charge in [-0.3, -0.25) is 0 Å². The first-order chi connectivity index (χ1) is 8.56. The molecular formula is C12H12N4O2. The summed E-state index contributed by atoms with van der Waals surface area (Å²) in [6.07, 6.45) is 0. The zero-order valence-corrected chi connectivity index (χ0v) is 9.71. The van der Waals surface area contributed by atoms with Gasteiger partial charge in [0, 0.05) is 11.8 Å². The molecule has 6 nitrogen and oxygen atoms in total. The number of carboxylic acids is 1. The fourth-order valence-electron chi connectivity index (χ4n) is 1.55. The standard InChI is InChI=1S/C12H12N4O2/c1-7-6-10(13)16-12(14-7)15-9-5-3-2-4-8(9)11(17)18/h2-6H,1H3,(H,17,18)(H3,13,14,15,16). The minimum atomic E-state index is -1.02.